The van der Waals surface area contributed by atoms with Gasteiger partial charge in [-0.05, 0) is 25.5 Å². The van der Waals surface area contributed by atoms with Crippen LogP contribution in [0.3, 0.4) is 0 Å². The Hall–Kier alpha value is -1.74. The van der Waals surface area contributed by atoms with Gasteiger partial charge < -0.3 is 5.11 Å². The maximum absolute atomic E-state index is 11.8. The van der Waals surface area contributed by atoms with Crippen molar-refractivity contribution in [2.45, 2.75) is 13.8 Å². The number of sulfonamides is 1. The zero-order valence-electron chi connectivity index (χ0n) is 9.71. The Morgan fingerprint density at radius 3 is 2.65 bits per heavy atom. The van der Waals surface area contributed by atoms with Crippen LogP contribution in [0.15, 0.2) is 18.2 Å². The molecule has 1 rings (SSSR count). The van der Waals surface area contributed by atoms with Gasteiger partial charge in [0.15, 0.2) is 5.75 Å². The van der Waals surface area contributed by atoms with Gasteiger partial charge in [0.1, 0.15) is 5.75 Å². The molecule has 17 heavy (non-hydrogen) atoms. The molecule has 1 aromatic rings. The SMILES string of the molecule is CCN(c1cc(O)ccc1C)S(=O)(=O)CC#N. The summed E-state index contributed by atoms with van der Waals surface area (Å²) in [6, 6.07) is 6.14. The number of aromatic hydroxyl groups is 1. The summed E-state index contributed by atoms with van der Waals surface area (Å²) in [5.74, 6) is -0.577. The highest BCUT2D eigenvalue weighted by atomic mass is 32.2. The first-order valence-electron chi connectivity index (χ1n) is 5.09. The fourth-order valence-corrected chi connectivity index (χ4v) is 2.75. The van der Waals surface area contributed by atoms with Gasteiger partial charge in [0.25, 0.3) is 0 Å². The number of nitriles is 1. The largest absolute Gasteiger partial charge is 0.508 e. The van der Waals surface area contributed by atoms with Crippen LogP contribution in [0.25, 0.3) is 0 Å². The Morgan fingerprint density at radius 1 is 1.47 bits per heavy atom. The quantitative estimate of drug-likeness (QED) is 0.880. The minimum absolute atomic E-state index is 0.00351. The number of benzene rings is 1. The molecule has 0 aliphatic rings. The number of phenols is 1. The van der Waals surface area contributed by atoms with Crippen LogP contribution in [0.1, 0.15) is 12.5 Å². The van der Waals surface area contributed by atoms with Crippen molar-refractivity contribution in [1.82, 2.24) is 0 Å². The molecule has 0 atom stereocenters. The van der Waals surface area contributed by atoms with Crippen molar-refractivity contribution in [1.29, 1.82) is 5.26 Å². The molecule has 0 aliphatic carbocycles. The van der Waals surface area contributed by atoms with E-state index in [2.05, 4.69) is 0 Å². The van der Waals surface area contributed by atoms with Crippen LogP contribution in [0.5, 0.6) is 5.75 Å². The lowest BCUT2D eigenvalue weighted by atomic mass is 10.2. The van der Waals surface area contributed by atoms with E-state index < -0.39 is 15.8 Å². The second-order valence-corrected chi connectivity index (χ2v) is 5.44. The summed E-state index contributed by atoms with van der Waals surface area (Å²) >= 11 is 0. The molecule has 0 radical (unpaired) electrons. The van der Waals surface area contributed by atoms with E-state index in [1.165, 1.54) is 12.1 Å². The van der Waals surface area contributed by atoms with Gasteiger partial charge in [-0.3, -0.25) is 4.31 Å². The molecule has 0 amide bonds. The second kappa shape index (κ2) is 5.06. The van der Waals surface area contributed by atoms with Gasteiger partial charge in [-0.15, -0.1) is 0 Å². The lowest BCUT2D eigenvalue weighted by Crippen LogP contribution is -2.33. The average Bonchev–Trinajstić information content (AvgIpc) is 2.23. The molecule has 0 saturated heterocycles. The molecule has 0 spiro atoms. The zero-order valence-corrected chi connectivity index (χ0v) is 10.5. The molecule has 1 aromatic carbocycles. The van der Waals surface area contributed by atoms with E-state index in [1.54, 1.807) is 26.0 Å². The Balaban J connectivity index is 3.28. The summed E-state index contributed by atoms with van der Waals surface area (Å²) in [6.07, 6.45) is 0. The molecule has 6 heteroatoms. The van der Waals surface area contributed by atoms with Gasteiger partial charge in [0, 0.05) is 12.6 Å². The van der Waals surface area contributed by atoms with E-state index in [-0.39, 0.29) is 12.3 Å². The summed E-state index contributed by atoms with van der Waals surface area (Å²) in [5.41, 5.74) is 1.13. The van der Waals surface area contributed by atoms with Crippen molar-refractivity contribution >= 4 is 15.7 Å². The lowest BCUT2D eigenvalue weighted by molar-refractivity contribution is 0.475. The van der Waals surface area contributed by atoms with Crippen LogP contribution in [0, 0.1) is 18.3 Å². The first-order chi connectivity index (χ1) is 7.92. The van der Waals surface area contributed by atoms with Gasteiger partial charge in [-0.1, -0.05) is 6.07 Å². The molecular formula is C11H14N2O3S. The van der Waals surface area contributed by atoms with Gasteiger partial charge in [0.05, 0.1) is 11.8 Å². The molecule has 0 unspecified atom stereocenters. The van der Waals surface area contributed by atoms with Crippen molar-refractivity contribution < 1.29 is 13.5 Å². The summed E-state index contributed by atoms with van der Waals surface area (Å²) < 4.78 is 24.8. The van der Waals surface area contributed by atoms with Crippen LogP contribution in [0.4, 0.5) is 5.69 Å². The molecule has 0 saturated carbocycles. The van der Waals surface area contributed by atoms with Crippen molar-refractivity contribution in [3.05, 3.63) is 23.8 Å². The standard InChI is InChI=1S/C11H14N2O3S/c1-3-13(17(15,16)7-6-12)11-8-10(14)5-4-9(11)2/h4-5,8,14H,3,7H2,1-2H3. The number of hydrogen-bond donors (Lipinski definition) is 1. The van der Waals surface area contributed by atoms with Crippen molar-refractivity contribution in [3.63, 3.8) is 0 Å². The number of anilines is 1. The maximum Gasteiger partial charge on any atom is 0.248 e. The fraction of sp³-hybridized carbons (Fsp3) is 0.364. The van der Waals surface area contributed by atoms with Crippen LogP contribution in [0.2, 0.25) is 0 Å². The van der Waals surface area contributed by atoms with E-state index in [0.29, 0.717) is 5.69 Å². The van der Waals surface area contributed by atoms with Crippen molar-refractivity contribution in [3.8, 4) is 11.8 Å². The summed E-state index contributed by atoms with van der Waals surface area (Å²) in [5, 5.41) is 17.9. The van der Waals surface area contributed by atoms with Gasteiger partial charge in [0.2, 0.25) is 10.0 Å². The molecule has 0 aromatic heterocycles. The fourth-order valence-electron chi connectivity index (χ4n) is 1.54. The molecule has 5 nitrogen and oxygen atoms in total. The molecule has 0 fully saturated rings. The van der Waals surface area contributed by atoms with Crippen molar-refractivity contribution in [2.75, 3.05) is 16.6 Å². The van der Waals surface area contributed by atoms with Crippen LogP contribution >= 0.6 is 0 Å². The van der Waals surface area contributed by atoms with Crippen molar-refractivity contribution in [2.24, 2.45) is 0 Å². The molecular weight excluding hydrogens is 240 g/mol. The first-order valence-corrected chi connectivity index (χ1v) is 6.70. The summed E-state index contributed by atoms with van der Waals surface area (Å²) in [6.45, 7) is 3.64. The summed E-state index contributed by atoms with van der Waals surface area (Å²) in [4.78, 5) is 0. The third-order valence-electron chi connectivity index (χ3n) is 2.33. The van der Waals surface area contributed by atoms with Gasteiger partial charge >= 0.3 is 0 Å². The predicted molar refractivity (Wildman–Crippen MR) is 65.3 cm³/mol. The van der Waals surface area contributed by atoms with E-state index in [9.17, 15) is 13.5 Å². The van der Waals surface area contributed by atoms with Crippen LogP contribution in [-0.2, 0) is 10.0 Å². The minimum Gasteiger partial charge on any atom is -0.508 e. The summed E-state index contributed by atoms with van der Waals surface area (Å²) in [7, 11) is -3.65. The Bertz CT molecular complexity index is 546. The monoisotopic (exact) mass is 254 g/mol. The topological polar surface area (TPSA) is 81.4 Å². The average molecular weight is 254 g/mol. The molecule has 0 heterocycles. The second-order valence-electron chi connectivity index (χ2n) is 3.55. The highest BCUT2D eigenvalue weighted by Gasteiger charge is 2.22. The Kier molecular flexibility index (Phi) is 3.97. The van der Waals surface area contributed by atoms with Crippen LogP contribution < -0.4 is 4.31 Å². The third-order valence-corrected chi connectivity index (χ3v) is 3.95. The predicted octanol–water partition coefficient (Wildman–Crippen LogP) is 1.38. The van der Waals surface area contributed by atoms with E-state index >= 15 is 0 Å². The number of hydrogen-bond acceptors (Lipinski definition) is 4. The maximum atomic E-state index is 11.8. The highest BCUT2D eigenvalue weighted by molar-refractivity contribution is 7.93. The van der Waals surface area contributed by atoms with E-state index in [1.807, 2.05) is 0 Å². The molecule has 0 aliphatic heterocycles. The lowest BCUT2D eigenvalue weighted by Gasteiger charge is -2.23. The minimum atomic E-state index is -3.65. The first kappa shape index (κ1) is 13.3. The molecule has 1 N–H and O–H groups in total. The van der Waals surface area contributed by atoms with Gasteiger partial charge in [-0.25, -0.2) is 8.42 Å². The normalized spacial score (nSPS) is 10.9. The highest BCUT2D eigenvalue weighted by Crippen LogP contribution is 2.26. The Morgan fingerprint density at radius 2 is 2.12 bits per heavy atom. The molecule has 0 bridgehead atoms. The molecule has 92 valence electrons. The van der Waals surface area contributed by atoms with E-state index in [0.717, 1.165) is 9.87 Å². The third kappa shape index (κ3) is 2.88. The number of aryl methyl sites for hydroxylation is 1. The smallest absolute Gasteiger partial charge is 0.248 e. The van der Waals surface area contributed by atoms with Crippen LogP contribution in [-0.4, -0.2) is 25.8 Å². The van der Waals surface area contributed by atoms with E-state index in [4.69, 9.17) is 5.26 Å². The Labute approximate surface area is 101 Å². The zero-order chi connectivity index (χ0) is 13.1. The number of phenolic OH excluding ortho intramolecular Hbond substituents is 1. The van der Waals surface area contributed by atoms with Gasteiger partial charge in [-0.2, -0.15) is 5.26 Å². The number of nitrogens with zero attached hydrogens (tertiary/aromatic N) is 2. The number of rotatable bonds is 4.